The Hall–Kier alpha value is -0.800. The van der Waals surface area contributed by atoms with Crippen LogP contribution in [0.2, 0.25) is 5.02 Å². The van der Waals surface area contributed by atoms with Crippen molar-refractivity contribution < 1.29 is 0 Å². The maximum absolute atomic E-state index is 6.14. The van der Waals surface area contributed by atoms with E-state index in [-0.39, 0.29) is 0 Å². The molecule has 1 aliphatic carbocycles. The van der Waals surface area contributed by atoms with Crippen LogP contribution in [0.3, 0.4) is 0 Å². The van der Waals surface area contributed by atoms with E-state index in [4.69, 9.17) is 11.6 Å². The average Bonchev–Trinajstić information content (AvgIpc) is 3.07. The molecule has 4 heteroatoms. The van der Waals surface area contributed by atoms with Gasteiger partial charge in [0.15, 0.2) is 5.13 Å². The molecule has 1 fully saturated rings. The van der Waals surface area contributed by atoms with Crippen LogP contribution in [0.25, 0.3) is 10.2 Å². The zero-order chi connectivity index (χ0) is 11.8. The Bertz CT molecular complexity index is 533. The Balaban J connectivity index is 1.74. The van der Waals surface area contributed by atoms with Gasteiger partial charge in [0.05, 0.1) is 15.2 Å². The van der Waals surface area contributed by atoms with Crippen LogP contribution in [0.1, 0.15) is 19.8 Å². The largest absolute Gasteiger partial charge is 0.361 e. The van der Waals surface area contributed by atoms with Crippen LogP contribution in [-0.4, -0.2) is 11.5 Å². The number of halogens is 1. The molecule has 0 spiro atoms. The first kappa shape index (κ1) is 11.3. The van der Waals surface area contributed by atoms with E-state index < -0.39 is 0 Å². The van der Waals surface area contributed by atoms with Crippen molar-refractivity contribution in [1.82, 2.24) is 4.98 Å². The van der Waals surface area contributed by atoms with Crippen molar-refractivity contribution in [3.8, 4) is 0 Å². The van der Waals surface area contributed by atoms with Crippen molar-refractivity contribution >= 4 is 38.3 Å². The minimum atomic E-state index is 0.748. The maximum atomic E-state index is 6.14. The van der Waals surface area contributed by atoms with Gasteiger partial charge in [0.25, 0.3) is 0 Å². The van der Waals surface area contributed by atoms with Crippen molar-refractivity contribution in [3.05, 3.63) is 23.2 Å². The van der Waals surface area contributed by atoms with E-state index in [0.29, 0.717) is 0 Å². The first-order chi connectivity index (χ1) is 8.24. The highest BCUT2D eigenvalue weighted by Gasteiger charge is 2.27. The summed E-state index contributed by atoms with van der Waals surface area (Å²) in [6, 6.07) is 5.87. The summed E-state index contributed by atoms with van der Waals surface area (Å²) < 4.78 is 1.08. The normalized spacial score (nSPS) is 17.3. The minimum Gasteiger partial charge on any atom is -0.361 e. The Morgan fingerprint density at radius 2 is 2.35 bits per heavy atom. The summed E-state index contributed by atoms with van der Waals surface area (Å²) in [4.78, 5) is 4.55. The number of rotatable bonds is 4. The lowest BCUT2D eigenvalue weighted by Gasteiger charge is -2.09. The number of nitrogens with one attached hydrogen (secondary N) is 1. The number of benzene rings is 1. The molecule has 0 radical (unpaired) electrons. The zero-order valence-electron chi connectivity index (χ0n) is 9.74. The van der Waals surface area contributed by atoms with Crippen LogP contribution >= 0.6 is 22.9 Å². The molecule has 1 atom stereocenters. The molecule has 0 aliphatic heterocycles. The standard InChI is InChI=1S/C13H15ClN2S/c1-8(9-5-6-9)7-15-13-16-11-4-2-3-10(14)12(11)17-13/h2-4,8-9H,5-7H2,1H3,(H,15,16). The molecule has 2 aromatic rings. The van der Waals surface area contributed by atoms with Gasteiger partial charge in [-0.2, -0.15) is 0 Å². The number of hydrogen-bond acceptors (Lipinski definition) is 3. The molecule has 2 nitrogen and oxygen atoms in total. The molecule has 1 saturated carbocycles. The summed E-state index contributed by atoms with van der Waals surface area (Å²) in [5.74, 6) is 1.68. The average molecular weight is 267 g/mol. The fraction of sp³-hybridized carbons (Fsp3) is 0.462. The molecule has 1 unspecified atom stereocenters. The molecule has 0 saturated heterocycles. The molecule has 1 aliphatic rings. The molecule has 0 amide bonds. The van der Waals surface area contributed by atoms with Crippen LogP contribution in [-0.2, 0) is 0 Å². The topological polar surface area (TPSA) is 24.9 Å². The first-order valence-corrected chi connectivity index (χ1v) is 7.22. The van der Waals surface area contributed by atoms with E-state index in [1.165, 1.54) is 12.8 Å². The SMILES string of the molecule is CC(CNc1nc2cccc(Cl)c2s1)C1CC1. The van der Waals surface area contributed by atoms with Gasteiger partial charge in [-0.25, -0.2) is 4.98 Å². The van der Waals surface area contributed by atoms with Crippen LogP contribution in [0.15, 0.2) is 18.2 Å². The van der Waals surface area contributed by atoms with Gasteiger partial charge in [-0.05, 0) is 36.8 Å². The highest BCUT2D eigenvalue weighted by Crippen LogP contribution is 2.37. The van der Waals surface area contributed by atoms with Gasteiger partial charge < -0.3 is 5.32 Å². The third-order valence-electron chi connectivity index (χ3n) is 3.37. The van der Waals surface area contributed by atoms with E-state index >= 15 is 0 Å². The van der Waals surface area contributed by atoms with Crippen molar-refractivity contribution in [2.24, 2.45) is 11.8 Å². The summed E-state index contributed by atoms with van der Waals surface area (Å²) in [5, 5.41) is 5.21. The van der Waals surface area contributed by atoms with Crippen molar-refractivity contribution in [1.29, 1.82) is 0 Å². The Morgan fingerprint density at radius 3 is 3.06 bits per heavy atom. The van der Waals surface area contributed by atoms with Gasteiger partial charge in [-0.3, -0.25) is 0 Å². The number of hydrogen-bond donors (Lipinski definition) is 1. The van der Waals surface area contributed by atoms with Crippen LogP contribution < -0.4 is 5.32 Å². The third-order valence-corrected chi connectivity index (χ3v) is 4.86. The molecule has 1 aromatic carbocycles. The predicted molar refractivity (Wildman–Crippen MR) is 75.0 cm³/mol. The van der Waals surface area contributed by atoms with E-state index in [0.717, 1.165) is 38.8 Å². The summed E-state index contributed by atoms with van der Waals surface area (Å²) in [6.45, 7) is 3.33. The number of nitrogens with zero attached hydrogens (tertiary/aromatic N) is 1. The number of thiazole rings is 1. The van der Waals surface area contributed by atoms with Crippen LogP contribution in [0, 0.1) is 11.8 Å². The molecule has 90 valence electrons. The van der Waals surface area contributed by atoms with Gasteiger partial charge in [0, 0.05) is 6.54 Å². The summed E-state index contributed by atoms with van der Waals surface area (Å²) in [7, 11) is 0. The van der Waals surface area contributed by atoms with Crippen LogP contribution in [0.4, 0.5) is 5.13 Å². The Morgan fingerprint density at radius 1 is 1.53 bits per heavy atom. The summed E-state index contributed by atoms with van der Waals surface area (Å²) in [5.41, 5.74) is 0.990. The Kier molecular flexibility index (Phi) is 2.97. The number of aromatic nitrogens is 1. The molecule has 1 aromatic heterocycles. The highest BCUT2D eigenvalue weighted by atomic mass is 35.5. The molecule has 1 N–H and O–H groups in total. The lowest BCUT2D eigenvalue weighted by Crippen LogP contribution is -2.12. The lowest BCUT2D eigenvalue weighted by atomic mass is 10.1. The fourth-order valence-electron chi connectivity index (χ4n) is 2.07. The molecule has 17 heavy (non-hydrogen) atoms. The van der Waals surface area contributed by atoms with Crippen LogP contribution in [0.5, 0.6) is 0 Å². The predicted octanol–water partition coefficient (Wildman–Crippen LogP) is 4.41. The second-order valence-corrected chi connectivity index (χ2v) is 6.21. The molecular weight excluding hydrogens is 252 g/mol. The van der Waals surface area contributed by atoms with Crippen molar-refractivity contribution in [2.45, 2.75) is 19.8 Å². The summed E-state index contributed by atoms with van der Waals surface area (Å²) >= 11 is 7.78. The maximum Gasteiger partial charge on any atom is 0.183 e. The monoisotopic (exact) mass is 266 g/mol. The lowest BCUT2D eigenvalue weighted by molar-refractivity contribution is 0.536. The highest BCUT2D eigenvalue weighted by molar-refractivity contribution is 7.22. The van der Waals surface area contributed by atoms with Gasteiger partial charge in [-0.1, -0.05) is 35.9 Å². The fourth-order valence-corrected chi connectivity index (χ4v) is 3.23. The van der Waals surface area contributed by atoms with E-state index in [9.17, 15) is 0 Å². The first-order valence-electron chi connectivity index (χ1n) is 6.03. The second kappa shape index (κ2) is 4.46. The van der Waals surface area contributed by atoms with E-state index in [2.05, 4.69) is 17.2 Å². The molecule has 1 heterocycles. The van der Waals surface area contributed by atoms with Gasteiger partial charge in [-0.15, -0.1) is 0 Å². The smallest absolute Gasteiger partial charge is 0.183 e. The van der Waals surface area contributed by atoms with Crippen molar-refractivity contribution in [3.63, 3.8) is 0 Å². The van der Waals surface area contributed by atoms with Gasteiger partial charge in [0.2, 0.25) is 0 Å². The third kappa shape index (κ3) is 2.40. The minimum absolute atomic E-state index is 0.748. The quantitative estimate of drug-likeness (QED) is 0.887. The van der Waals surface area contributed by atoms with Gasteiger partial charge in [0.1, 0.15) is 0 Å². The second-order valence-electron chi connectivity index (χ2n) is 4.80. The Labute approximate surface area is 110 Å². The number of fused-ring (bicyclic) bond motifs is 1. The molecule has 3 rings (SSSR count). The van der Waals surface area contributed by atoms with E-state index in [1.54, 1.807) is 11.3 Å². The van der Waals surface area contributed by atoms with Crippen molar-refractivity contribution in [2.75, 3.05) is 11.9 Å². The van der Waals surface area contributed by atoms with E-state index in [1.807, 2.05) is 18.2 Å². The number of anilines is 1. The van der Waals surface area contributed by atoms with Gasteiger partial charge >= 0.3 is 0 Å². The molecule has 0 bridgehead atoms. The molecular formula is C13H15ClN2S. The summed E-state index contributed by atoms with van der Waals surface area (Å²) in [6.07, 6.45) is 2.79. The zero-order valence-corrected chi connectivity index (χ0v) is 11.3.